The molecule has 0 bridgehead atoms. The Balaban J connectivity index is 1.48. The molecule has 1 saturated carbocycles. The first-order valence-electron chi connectivity index (χ1n) is 8.42. The molecule has 6 nitrogen and oxygen atoms in total. The van der Waals surface area contributed by atoms with Gasteiger partial charge in [0.2, 0.25) is 0 Å². The van der Waals surface area contributed by atoms with Crippen molar-refractivity contribution in [2.45, 2.75) is 32.2 Å². The average Bonchev–Trinajstić information content (AvgIpc) is 3.44. The number of benzene rings is 1. The van der Waals surface area contributed by atoms with Gasteiger partial charge >= 0.3 is 5.97 Å². The lowest BCUT2D eigenvalue weighted by Crippen LogP contribution is -2.21. The Kier molecular flexibility index (Phi) is 5.28. The quantitative estimate of drug-likeness (QED) is 0.758. The number of nitrogens with zero attached hydrogens (tertiary/aromatic N) is 1. The zero-order chi connectivity index (χ0) is 17.6. The van der Waals surface area contributed by atoms with Gasteiger partial charge in [-0.05, 0) is 49.1 Å². The van der Waals surface area contributed by atoms with E-state index in [0.29, 0.717) is 17.3 Å². The molecule has 1 aromatic heterocycles. The lowest BCUT2D eigenvalue weighted by atomic mass is 10.1. The Morgan fingerprint density at radius 3 is 2.76 bits per heavy atom. The minimum atomic E-state index is -0.567. The molecule has 0 unspecified atom stereocenters. The van der Waals surface area contributed by atoms with Crippen molar-refractivity contribution < 1.29 is 14.3 Å². The minimum Gasteiger partial charge on any atom is -0.452 e. The summed E-state index contributed by atoms with van der Waals surface area (Å²) in [6.07, 6.45) is 4.65. The highest BCUT2D eigenvalue weighted by Gasteiger charge is 2.21. The molecular weight excluding hydrogens is 318 g/mol. The number of aromatic nitrogens is 1. The molecule has 2 N–H and O–H groups in total. The van der Waals surface area contributed by atoms with Crippen LogP contribution in [0, 0.1) is 0 Å². The number of esters is 1. The monoisotopic (exact) mass is 339 g/mol. The van der Waals surface area contributed by atoms with Gasteiger partial charge in [0.05, 0.1) is 5.56 Å². The molecular formula is C19H21N3O3. The van der Waals surface area contributed by atoms with Gasteiger partial charge in [0, 0.05) is 17.9 Å². The summed E-state index contributed by atoms with van der Waals surface area (Å²) in [5.41, 5.74) is 2.14. The van der Waals surface area contributed by atoms with E-state index < -0.39 is 5.97 Å². The molecule has 3 rings (SSSR count). The van der Waals surface area contributed by atoms with Crippen LogP contribution in [0.5, 0.6) is 0 Å². The van der Waals surface area contributed by atoms with E-state index in [1.807, 2.05) is 25.1 Å². The molecule has 2 aromatic rings. The van der Waals surface area contributed by atoms with Crippen LogP contribution in [0.3, 0.4) is 0 Å². The summed E-state index contributed by atoms with van der Waals surface area (Å²) in [5.74, 6) is -0.197. The van der Waals surface area contributed by atoms with Crippen LogP contribution in [0.2, 0.25) is 0 Å². The van der Waals surface area contributed by atoms with Crippen molar-refractivity contribution in [2.75, 3.05) is 17.2 Å². The van der Waals surface area contributed by atoms with Crippen LogP contribution in [-0.4, -0.2) is 29.5 Å². The fraction of sp³-hybridized carbons (Fsp3) is 0.316. The molecule has 1 amide bonds. The number of hydrogen-bond acceptors (Lipinski definition) is 5. The van der Waals surface area contributed by atoms with Crippen LogP contribution in [-0.2, 0) is 16.0 Å². The first kappa shape index (κ1) is 17.0. The van der Waals surface area contributed by atoms with Crippen molar-refractivity contribution in [3.63, 3.8) is 0 Å². The summed E-state index contributed by atoms with van der Waals surface area (Å²) in [6, 6.07) is 11.4. The number of pyridine rings is 1. The molecule has 130 valence electrons. The smallest absolute Gasteiger partial charge is 0.340 e. The van der Waals surface area contributed by atoms with E-state index in [4.69, 9.17) is 4.74 Å². The van der Waals surface area contributed by atoms with Gasteiger partial charge < -0.3 is 15.4 Å². The highest BCUT2D eigenvalue weighted by molar-refractivity contribution is 5.95. The van der Waals surface area contributed by atoms with E-state index in [2.05, 4.69) is 15.6 Å². The summed E-state index contributed by atoms with van der Waals surface area (Å²) in [7, 11) is 0. The Hall–Kier alpha value is -2.89. The number of amides is 1. The maximum absolute atomic E-state index is 12.0. The van der Waals surface area contributed by atoms with E-state index in [-0.39, 0.29) is 12.5 Å². The van der Waals surface area contributed by atoms with Crippen LogP contribution >= 0.6 is 0 Å². The molecule has 1 aliphatic rings. The lowest BCUT2D eigenvalue weighted by Gasteiger charge is -2.08. The Labute approximate surface area is 146 Å². The molecule has 0 spiro atoms. The SMILES string of the molecule is CCc1cccc(NC(=O)COC(=O)c2ccc(NC3CC3)nc2)c1. The fourth-order valence-corrected chi connectivity index (χ4v) is 2.32. The molecule has 0 atom stereocenters. The maximum Gasteiger partial charge on any atom is 0.340 e. The van der Waals surface area contributed by atoms with Gasteiger partial charge in [0.1, 0.15) is 5.82 Å². The van der Waals surface area contributed by atoms with Crippen LogP contribution in [0.25, 0.3) is 0 Å². The van der Waals surface area contributed by atoms with E-state index >= 15 is 0 Å². The van der Waals surface area contributed by atoms with Crippen molar-refractivity contribution in [1.82, 2.24) is 4.98 Å². The van der Waals surface area contributed by atoms with Gasteiger partial charge in [0.15, 0.2) is 6.61 Å². The molecule has 1 aliphatic carbocycles. The van der Waals surface area contributed by atoms with Gasteiger partial charge in [-0.25, -0.2) is 9.78 Å². The van der Waals surface area contributed by atoms with Crippen molar-refractivity contribution in [1.29, 1.82) is 0 Å². The highest BCUT2D eigenvalue weighted by Crippen LogP contribution is 2.23. The van der Waals surface area contributed by atoms with Crippen LogP contribution < -0.4 is 10.6 Å². The van der Waals surface area contributed by atoms with E-state index in [9.17, 15) is 9.59 Å². The van der Waals surface area contributed by atoms with Crippen molar-refractivity contribution in [2.24, 2.45) is 0 Å². The number of anilines is 2. The number of rotatable bonds is 7. The lowest BCUT2D eigenvalue weighted by molar-refractivity contribution is -0.119. The third-order valence-electron chi connectivity index (χ3n) is 3.88. The topological polar surface area (TPSA) is 80.3 Å². The predicted octanol–water partition coefficient (Wildman–Crippen LogP) is 3.01. The summed E-state index contributed by atoms with van der Waals surface area (Å²) >= 11 is 0. The second-order valence-electron chi connectivity index (χ2n) is 6.03. The Morgan fingerprint density at radius 2 is 2.08 bits per heavy atom. The van der Waals surface area contributed by atoms with Crippen LogP contribution in [0.1, 0.15) is 35.7 Å². The molecule has 0 radical (unpaired) electrons. The largest absolute Gasteiger partial charge is 0.452 e. The Morgan fingerprint density at radius 1 is 1.24 bits per heavy atom. The summed E-state index contributed by atoms with van der Waals surface area (Å²) in [6.45, 7) is 1.71. The number of carbonyl (C=O) groups is 2. The maximum atomic E-state index is 12.0. The fourth-order valence-electron chi connectivity index (χ4n) is 2.32. The first-order valence-corrected chi connectivity index (χ1v) is 8.42. The molecule has 0 aliphatic heterocycles. The van der Waals surface area contributed by atoms with Crippen molar-refractivity contribution >= 4 is 23.4 Å². The van der Waals surface area contributed by atoms with E-state index in [1.54, 1.807) is 18.2 Å². The molecule has 1 heterocycles. The van der Waals surface area contributed by atoms with Crippen LogP contribution in [0.15, 0.2) is 42.6 Å². The Bertz CT molecular complexity index is 755. The standard InChI is InChI=1S/C19H21N3O3/c1-2-13-4-3-5-16(10-13)22-18(23)12-25-19(24)14-6-9-17(20-11-14)21-15-7-8-15/h3-6,9-11,15H,2,7-8,12H2,1H3,(H,20,21)(H,22,23). The third-order valence-corrected chi connectivity index (χ3v) is 3.88. The van der Waals surface area contributed by atoms with E-state index in [0.717, 1.165) is 30.6 Å². The van der Waals surface area contributed by atoms with Crippen molar-refractivity contribution in [3.05, 3.63) is 53.7 Å². The first-order chi connectivity index (χ1) is 12.1. The molecule has 6 heteroatoms. The number of carbonyl (C=O) groups excluding carboxylic acids is 2. The zero-order valence-electron chi connectivity index (χ0n) is 14.1. The molecule has 25 heavy (non-hydrogen) atoms. The predicted molar refractivity (Wildman–Crippen MR) is 95.6 cm³/mol. The number of ether oxygens (including phenoxy) is 1. The number of aryl methyl sites for hydroxylation is 1. The van der Waals surface area contributed by atoms with Gasteiger partial charge in [-0.1, -0.05) is 19.1 Å². The normalized spacial score (nSPS) is 13.2. The molecule has 0 saturated heterocycles. The summed E-state index contributed by atoms with van der Waals surface area (Å²) < 4.78 is 5.04. The van der Waals surface area contributed by atoms with Crippen molar-refractivity contribution in [3.8, 4) is 0 Å². The second-order valence-corrected chi connectivity index (χ2v) is 6.03. The minimum absolute atomic E-state index is 0.321. The second kappa shape index (κ2) is 7.79. The summed E-state index contributed by atoms with van der Waals surface area (Å²) in [5, 5.41) is 5.96. The van der Waals surface area contributed by atoms with E-state index in [1.165, 1.54) is 6.20 Å². The summed E-state index contributed by atoms with van der Waals surface area (Å²) in [4.78, 5) is 28.1. The highest BCUT2D eigenvalue weighted by atomic mass is 16.5. The van der Waals surface area contributed by atoms with Gasteiger partial charge in [-0.15, -0.1) is 0 Å². The molecule has 1 aromatic carbocycles. The molecule has 1 fully saturated rings. The van der Waals surface area contributed by atoms with Crippen LogP contribution in [0.4, 0.5) is 11.5 Å². The third kappa shape index (κ3) is 5.04. The number of hydrogen-bond donors (Lipinski definition) is 2. The van der Waals surface area contributed by atoms with Gasteiger partial charge in [0.25, 0.3) is 5.91 Å². The number of nitrogens with one attached hydrogen (secondary N) is 2. The average molecular weight is 339 g/mol. The van der Waals surface area contributed by atoms with Gasteiger partial charge in [-0.2, -0.15) is 0 Å². The van der Waals surface area contributed by atoms with Gasteiger partial charge in [-0.3, -0.25) is 4.79 Å². The zero-order valence-corrected chi connectivity index (χ0v) is 14.1.